The second-order valence-corrected chi connectivity index (χ2v) is 6.96. The van der Waals surface area contributed by atoms with Crippen LogP contribution in [-0.4, -0.2) is 41.8 Å². The molecule has 130 valence electrons. The molecule has 1 aromatic rings. The van der Waals surface area contributed by atoms with Gasteiger partial charge in [0.1, 0.15) is 12.2 Å². The summed E-state index contributed by atoms with van der Waals surface area (Å²) in [5.41, 5.74) is 0.171. The highest BCUT2D eigenvalue weighted by Crippen LogP contribution is 2.27. The first-order valence-corrected chi connectivity index (χ1v) is 8.72. The second kappa shape index (κ2) is 8.60. The van der Waals surface area contributed by atoms with Gasteiger partial charge in [0, 0.05) is 24.1 Å². The van der Waals surface area contributed by atoms with Crippen LogP contribution in [-0.2, 0) is 0 Å². The number of piperidine rings is 1. The van der Waals surface area contributed by atoms with Crippen molar-refractivity contribution in [3.05, 3.63) is 65.4 Å². The molecule has 24 heavy (non-hydrogen) atoms. The van der Waals surface area contributed by atoms with Crippen molar-refractivity contribution in [2.75, 3.05) is 26.2 Å². The molecule has 1 fully saturated rings. The number of allylic oxidation sites excluding steroid dienone is 2. The van der Waals surface area contributed by atoms with Crippen LogP contribution in [0.3, 0.4) is 0 Å². The molecule has 1 N–H and O–H groups in total. The summed E-state index contributed by atoms with van der Waals surface area (Å²) in [6, 6.07) is 4.53. The second-order valence-electron chi connectivity index (χ2n) is 6.05. The van der Waals surface area contributed by atoms with Gasteiger partial charge in [0.05, 0.1) is 0 Å². The smallest absolute Gasteiger partial charge is 0.165 e. The number of halogens is 2. The molecular weight excluding hydrogens is 373 g/mol. The van der Waals surface area contributed by atoms with Crippen molar-refractivity contribution in [1.29, 1.82) is 0 Å². The Hall–Kier alpha value is -1.43. The predicted octanol–water partition coefficient (Wildman–Crippen LogP) is 4.09. The third-order valence-corrected chi connectivity index (χ3v) is 4.67. The fraction of sp³-hybridized carbons (Fsp3) is 0.368. The quantitative estimate of drug-likeness (QED) is 0.705. The van der Waals surface area contributed by atoms with Crippen molar-refractivity contribution in [3.63, 3.8) is 0 Å². The molecule has 0 radical (unpaired) electrons. The van der Waals surface area contributed by atoms with Crippen molar-refractivity contribution < 1.29 is 14.2 Å². The lowest BCUT2D eigenvalue weighted by atomic mass is 9.92. The summed E-state index contributed by atoms with van der Waals surface area (Å²) in [7, 11) is 0. The number of benzene rings is 1. The Bertz CT molecular complexity index is 622. The van der Waals surface area contributed by atoms with Crippen molar-refractivity contribution in [2.24, 2.45) is 0 Å². The molecule has 2 rings (SSSR count). The molecule has 1 aliphatic rings. The largest absolute Gasteiger partial charge is 0.487 e. The number of nitrogens with zero attached hydrogens (tertiary/aromatic N) is 1. The molecule has 0 aliphatic carbocycles. The van der Waals surface area contributed by atoms with Crippen LogP contribution in [0.1, 0.15) is 12.8 Å². The zero-order valence-corrected chi connectivity index (χ0v) is 15.3. The Morgan fingerprint density at radius 1 is 1.38 bits per heavy atom. The van der Waals surface area contributed by atoms with Gasteiger partial charge in [-0.05, 0) is 36.6 Å². The molecule has 0 atom stereocenters. The van der Waals surface area contributed by atoms with Crippen molar-refractivity contribution in [1.82, 2.24) is 4.90 Å². The van der Waals surface area contributed by atoms with Gasteiger partial charge >= 0.3 is 0 Å². The minimum atomic E-state index is -0.929. The van der Waals surface area contributed by atoms with Gasteiger partial charge < -0.3 is 9.84 Å². The Balaban J connectivity index is 1.88. The van der Waals surface area contributed by atoms with E-state index < -0.39 is 11.4 Å². The first-order chi connectivity index (χ1) is 11.5. The van der Waals surface area contributed by atoms with Crippen molar-refractivity contribution in [3.8, 4) is 5.75 Å². The third kappa shape index (κ3) is 5.30. The van der Waals surface area contributed by atoms with E-state index >= 15 is 0 Å². The van der Waals surface area contributed by atoms with Crippen LogP contribution in [0.2, 0.25) is 0 Å². The van der Waals surface area contributed by atoms with E-state index in [1.165, 1.54) is 6.07 Å². The Morgan fingerprint density at radius 2 is 2.08 bits per heavy atom. The van der Waals surface area contributed by atoms with Gasteiger partial charge in [-0.3, -0.25) is 4.90 Å². The molecule has 0 saturated carbocycles. The van der Waals surface area contributed by atoms with Gasteiger partial charge in [0.15, 0.2) is 11.6 Å². The van der Waals surface area contributed by atoms with Crippen molar-refractivity contribution in [2.45, 2.75) is 18.4 Å². The zero-order chi connectivity index (χ0) is 17.6. The lowest BCUT2D eigenvalue weighted by Gasteiger charge is -2.38. The van der Waals surface area contributed by atoms with E-state index in [1.807, 2.05) is 12.2 Å². The lowest BCUT2D eigenvalue weighted by Crippen LogP contribution is -2.48. The Labute approximate surface area is 151 Å². The Morgan fingerprint density at radius 3 is 2.71 bits per heavy atom. The molecule has 1 saturated heterocycles. The molecule has 0 spiro atoms. The van der Waals surface area contributed by atoms with Crippen LogP contribution in [0.4, 0.5) is 4.39 Å². The lowest BCUT2D eigenvalue weighted by molar-refractivity contribution is -0.0514. The highest BCUT2D eigenvalue weighted by Gasteiger charge is 2.33. The van der Waals surface area contributed by atoms with E-state index in [0.717, 1.165) is 29.7 Å². The molecule has 0 amide bonds. The van der Waals surface area contributed by atoms with Gasteiger partial charge in [-0.15, -0.1) is 0 Å². The first-order valence-electron chi connectivity index (χ1n) is 7.92. The van der Waals surface area contributed by atoms with E-state index in [0.29, 0.717) is 12.8 Å². The summed E-state index contributed by atoms with van der Waals surface area (Å²) >= 11 is 3.29. The first kappa shape index (κ1) is 18.9. The van der Waals surface area contributed by atoms with Gasteiger partial charge in [0.25, 0.3) is 0 Å². The summed E-state index contributed by atoms with van der Waals surface area (Å²) < 4.78 is 20.0. The topological polar surface area (TPSA) is 32.7 Å². The van der Waals surface area contributed by atoms with E-state index in [1.54, 1.807) is 18.2 Å². The number of hydrogen-bond donors (Lipinski definition) is 1. The minimum Gasteiger partial charge on any atom is -0.487 e. The fourth-order valence-electron chi connectivity index (χ4n) is 2.67. The highest BCUT2D eigenvalue weighted by atomic mass is 79.9. The van der Waals surface area contributed by atoms with Crippen LogP contribution in [0.25, 0.3) is 0 Å². The SMILES string of the molecule is C=C/C=C(\C=C)CN1CCC(O)(COc2cc(Br)ccc2F)CC1. The van der Waals surface area contributed by atoms with Crippen LogP contribution < -0.4 is 4.74 Å². The number of rotatable bonds is 7. The maximum Gasteiger partial charge on any atom is 0.165 e. The highest BCUT2D eigenvalue weighted by molar-refractivity contribution is 9.10. The summed E-state index contributed by atoms with van der Waals surface area (Å²) in [5, 5.41) is 10.7. The normalized spacial score (nSPS) is 18.2. The summed E-state index contributed by atoms with van der Waals surface area (Å²) in [6.45, 7) is 9.88. The number of aliphatic hydroxyl groups is 1. The number of hydrogen-bond acceptors (Lipinski definition) is 3. The maximum absolute atomic E-state index is 13.7. The van der Waals surface area contributed by atoms with E-state index in [4.69, 9.17) is 4.74 Å². The third-order valence-electron chi connectivity index (χ3n) is 4.18. The van der Waals surface area contributed by atoms with Gasteiger partial charge in [-0.2, -0.15) is 0 Å². The Kier molecular flexibility index (Phi) is 6.78. The molecule has 5 heteroatoms. The van der Waals surface area contributed by atoms with Gasteiger partial charge in [-0.25, -0.2) is 4.39 Å². The summed E-state index contributed by atoms with van der Waals surface area (Å²) in [6.07, 6.45) is 6.68. The summed E-state index contributed by atoms with van der Waals surface area (Å²) in [5.74, 6) is -0.271. The van der Waals surface area contributed by atoms with E-state index in [2.05, 4.69) is 34.0 Å². The van der Waals surface area contributed by atoms with E-state index in [-0.39, 0.29) is 12.4 Å². The van der Waals surface area contributed by atoms with Crippen LogP contribution >= 0.6 is 15.9 Å². The standard InChI is InChI=1S/C19H23BrFNO2/c1-3-5-15(4-2)13-22-10-8-19(23,9-11-22)14-24-18-12-16(20)6-7-17(18)21/h3-7,12,23H,1-2,8-11,13-14H2/b15-5+. The van der Waals surface area contributed by atoms with E-state index in [9.17, 15) is 9.50 Å². The van der Waals surface area contributed by atoms with Crippen LogP contribution in [0, 0.1) is 5.82 Å². The number of likely N-dealkylation sites (tertiary alicyclic amines) is 1. The average molecular weight is 396 g/mol. The molecule has 3 nitrogen and oxygen atoms in total. The molecule has 1 heterocycles. The number of ether oxygens (including phenoxy) is 1. The molecular formula is C19H23BrFNO2. The molecule has 0 bridgehead atoms. The van der Waals surface area contributed by atoms with Gasteiger partial charge in [0.2, 0.25) is 0 Å². The molecule has 0 unspecified atom stereocenters. The minimum absolute atomic E-state index is 0.0883. The fourth-order valence-corrected chi connectivity index (χ4v) is 3.01. The molecule has 1 aliphatic heterocycles. The summed E-state index contributed by atoms with van der Waals surface area (Å²) in [4.78, 5) is 2.26. The van der Waals surface area contributed by atoms with Crippen LogP contribution in [0.5, 0.6) is 5.75 Å². The molecule has 0 aromatic heterocycles. The van der Waals surface area contributed by atoms with Crippen molar-refractivity contribution >= 4 is 15.9 Å². The average Bonchev–Trinajstić information content (AvgIpc) is 2.57. The predicted molar refractivity (Wildman–Crippen MR) is 98.7 cm³/mol. The zero-order valence-electron chi connectivity index (χ0n) is 13.7. The van der Waals surface area contributed by atoms with Gasteiger partial charge in [-0.1, -0.05) is 47.3 Å². The monoisotopic (exact) mass is 395 g/mol. The molecule has 1 aromatic carbocycles. The van der Waals surface area contributed by atoms with Crippen LogP contribution in [0.15, 0.2) is 59.6 Å². The maximum atomic E-state index is 13.7.